The minimum atomic E-state index is -0.487. The lowest BCUT2D eigenvalue weighted by Crippen LogP contribution is -2.32. The van der Waals surface area contributed by atoms with Crippen LogP contribution in [0.1, 0.15) is 43.9 Å². The van der Waals surface area contributed by atoms with Gasteiger partial charge in [-0.1, -0.05) is 0 Å². The van der Waals surface area contributed by atoms with Gasteiger partial charge in [-0.2, -0.15) is 5.10 Å². The largest absolute Gasteiger partial charge is 0.319 e. The first-order valence-electron chi connectivity index (χ1n) is 5.09. The van der Waals surface area contributed by atoms with E-state index in [1.807, 2.05) is 13.8 Å². The maximum atomic E-state index is 5.92. The zero-order chi connectivity index (χ0) is 10.2. The molecule has 0 atom stereocenters. The van der Waals surface area contributed by atoms with E-state index in [1.54, 1.807) is 0 Å². The van der Waals surface area contributed by atoms with E-state index in [1.165, 1.54) is 12.8 Å². The molecule has 0 spiro atoms. The van der Waals surface area contributed by atoms with Crippen molar-refractivity contribution in [2.24, 2.45) is 5.73 Å². The molecule has 1 aromatic rings. The van der Waals surface area contributed by atoms with Crippen LogP contribution in [0.25, 0.3) is 0 Å². The molecule has 0 saturated heterocycles. The Bertz CT molecular complexity index is 340. The van der Waals surface area contributed by atoms with Gasteiger partial charge < -0.3 is 5.73 Å². The van der Waals surface area contributed by atoms with Gasteiger partial charge in [0.25, 0.3) is 0 Å². The standard InChI is InChI=1S/C10H16N4/c1-10(2,11)9-12-7-5-3-4-6-8(7)13-14-9/h3-6,11H2,1-2H3. The fourth-order valence-corrected chi connectivity index (χ4v) is 1.63. The van der Waals surface area contributed by atoms with Crippen molar-refractivity contribution in [3.63, 3.8) is 0 Å². The zero-order valence-electron chi connectivity index (χ0n) is 8.75. The van der Waals surface area contributed by atoms with E-state index >= 15 is 0 Å². The summed E-state index contributed by atoms with van der Waals surface area (Å²) < 4.78 is 0. The summed E-state index contributed by atoms with van der Waals surface area (Å²) in [5.74, 6) is 0.651. The first-order chi connectivity index (χ1) is 6.57. The third-order valence-corrected chi connectivity index (χ3v) is 2.49. The third-order valence-electron chi connectivity index (χ3n) is 2.49. The number of fused-ring (bicyclic) bond motifs is 1. The van der Waals surface area contributed by atoms with Gasteiger partial charge in [-0.3, -0.25) is 0 Å². The van der Waals surface area contributed by atoms with E-state index in [9.17, 15) is 0 Å². The van der Waals surface area contributed by atoms with Crippen molar-refractivity contribution in [1.82, 2.24) is 15.2 Å². The van der Waals surface area contributed by atoms with Gasteiger partial charge in [0.05, 0.1) is 16.9 Å². The van der Waals surface area contributed by atoms with Crippen molar-refractivity contribution in [3.8, 4) is 0 Å². The topological polar surface area (TPSA) is 64.7 Å². The molecule has 0 bridgehead atoms. The lowest BCUT2D eigenvalue weighted by atomic mass is 10.00. The molecule has 1 aliphatic carbocycles. The average molecular weight is 192 g/mol. The van der Waals surface area contributed by atoms with Crippen LogP contribution in [0.15, 0.2) is 0 Å². The molecule has 1 aliphatic rings. The first-order valence-corrected chi connectivity index (χ1v) is 5.09. The number of hydrogen-bond acceptors (Lipinski definition) is 4. The molecule has 76 valence electrons. The monoisotopic (exact) mass is 192 g/mol. The quantitative estimate of drug-likeness (QED) is 0.719. The minimum absolute atomic E-state index is 0.487. The SMILES string of the molecule is CC(C)(N)c1nnc2c(n1)CCCC2. The van der Waals surface area contributed by atoms with Gasteiger partial charge in [0.15, 0.2) is 5.82 Å². The molecule has 14 heavy (non-hydrogen) atoms. The predicted octanol–water partition coefficient (Wildman–Crippen LogP) is 0.944. The lowest BCUT2D eigenvalue weighted by molar-refractivity contribution is 0.488. The van der Waals surface area contributed by atoms with E-state index in [4.69, 9.17) is 5.73 Å². The van der Waals surface area contributed by atoms with Gasteiger partial charge in [-0.15, -0.1) is 5.10 Å². The summed E-state index contributed by atoms with van der Waals surface area (Å²) >= 11 is 0. The second-order valence-corrected chi connectivity index (χ2v) is 4.46. The van der Waals surface area contributed by atoms with Gasteiger partial charge in [-0.25, -0.2) is 4.98 Å². The number of nitrogens with zero attached hydrogens (tertiary/aromatic N) is 3. The van der Waals surface area contributed by atoms with Crippen molar-refractivity contribution < 1.29 is 0 Å². The Morgan fingerprint density at radius 2 is 1.71 bits per heavy atom. The van der Waals surface area contributed by atoms with Gasteiger partial charge in [0.2, 0.25) is 0 Å². The molecule has 4 heteroatoms. The van der Waals surface area contributed by atoms with Crippen molar-refractivity contribution in [2.75, 3.05) is 0 Å². The van der Waals surface area contributed by atoms with Crippen molar-refractivity contribution in [2.45, 2.75) is 45.1 Å². The summed E-state index contributed by atoms with van der Waals surface area (Å²) in [5.41, 5.74) is 7.59. The van der Waals surface area contributed by atoms with Crippen LogP contribution < -0.4 is 5.73 Å². The highest BCUT2D eigenvalue weighted by atomic mass is 15.2. The van der Waals surface area contributed by atoms with Crippen molar-refractivity contribution in [1.29, 1.82) is 0 Å². The molecular formula is C10H16N4. The Balaban J connectivity index is 2.39. The molecule has 1 aromatic heterocycles. The molecule has 2 N–H and O–H groups in total. The first kappa shape index (κ1) is 9.52. The summed E-state index contributed by atoms with van der Waals surface area (Å²) in [7, 11) is 0. The van der Waals surface area contributed by atoms with E-state index in [0.717, 1.165) is 24.2 Å². The minimum Gasteiger partial charge on any atom is -0.319 e. The van der Waals surface area contributed by atoms with Gasteiger partial charge >= 0.3 is 0 Å². The number of aromatic nitrogens is 3. The summed E-state index contributed by atoms with van der Waals surface area (Å²) in [6.07, 6.45) is 4.44. The highest BCUT2D eigenvalue weighted by Gasteiger charge is 2.21. The Kier molecular flexibility index (Phi) is 2.23. The van der Waals surface area contributed by atoms with Gasteiger partial charge in [0.1, 0.15) is 0 Å². The van der Waals surface area contributed by atoms with Gasteiger partial charge in [0, 0.05) is 0 Å². The Hall–Kier alpha value is -1.03. The molecule has 0 fully saturated rings. The molecule has 0 amide bonds. The Morgan fingerprint density at radius 1 is 1.07 bits per heavy atom. The van der Waals surface area contributed by atoms with Crippen LogP contribution in [-0.4, -0.2) is 15.2 Å². The highest BCUT2D eigenvalue weighted by molar-refractivity contribution is 5.15. The fourth-order valence-electron chi connectivity index (χ4n) is 1.63. The molecule has 0 aromatic carbocycles. The van der Waals surface area contributed by atoms with E-state index < -0.39 is 5.54 Å². The summed E-state index contributed by atoms with van der Waals surface area (Å²) in [5, 5.41) is 8.27. The van der Waals surface area contributed by atoms with E-state index in [0.29, 0.717) is 5.82 Å². The molecule has 4 nitrogen and oxygen atoms in total. The van der Waals surface area contributed by atoms with E-state index in [2.05, 4.69) is 15.2 Å². The lowest BCUT2D eigenvalue weighted by Gasteiger charge is -2.19. The van der Waals surface area contributed by atoms with Crippen LogP contribution in [0.2, 0.25) is 0 Å². The molecule has 0 saturated carbocycles. The van der Waals surface area contributed by atoms with Crippen LogP contribution in [0.5, 0.6) is 0 Å². The zero-order valence-corrected chi connectivity index (χ0v) is 8.75. The second kappa shape index (κ2) is 3.28. The second-order valence-electron chi connectivity index (χ2n) is 4.46. The predicted molar refractivity (Wildman–Crippen MR) is 53.7 cm³/mol. The van der Waals surface area contributed by atoms with Crippen LogP contribution in [-0.2, 0) is 18.4 Å². The molecule has 2 rings (SSSR count). The highest BCUT2D eigenvalue weighted by Crippen LogP contribution is 2.19. The summed E-state index contributed by atoms with van der Waals surface area (Å²) in [6, 6.07) is 0. The van der Waals surface area contributed by atoms with Crippen LogP contribution in [0.4, 0.5) is 0 Å². The summed E-state index contributed by atoms with van der Waals surface area (Å²) in [6.45, 7) is 3.80. The number of nitrogens with two attached hydrogens (primary N) is 1. The molecule has 0 unspecified atom stereocenters. The third kappa shape index (κ3) is 1.75. The number of rotatable bonds is 1. The Labute approximate surface area is 83.9 Å². The molecule has 0 radical (unpaired) electrons. The maximum absolute atomic E-state index is 5.92. The average Bonchev–Trinajstić information content (AvgIpc) is 2.16. The fraction of sp³-hybridized carbons (Fsp3) is 0.700. The molecular weight excluding hydrogens is 176 g/mol. The Morgan fingerprint density at radius 3 is 2.36 bits per heavy atom. The number of hydrogen-bond donors (Lipinski definition) is 1. The van der Waals surface area contributed by atoms with E-state index in [-0.39, 0.29) is 0 Å². The normalized spacial score (nSPS) is 16.5. The molecule has 0 aliphatic heterocycles. The van der Waals surface area contributed by atoms with Gasteiger partial charge in [-0.05, 0) is 39.5 Å². The van der Waals surface area contributed by atoms with Crippen molar-refractivity contribution in [3.05, 3.63) is 17.2 Å². The van der Waals surface area contributed by atoms with Crippen LogP contribution in [0, 0.1) is 0 Å². The van der Waals surface area contributed by atoms with Crippen LogP contribution >= 0.6 is 0 Å². The number of aryl methyl sites for hydroxylation is 2. The van der Waals surface area contributed by atoms with Crippen LogP contribution in [0.3, 0.4) is 0 Å². The smallest absolute Gasteiger partial charge is 0.170 e. The molecule has 1 heterocycles. The summed E-state index contributed by atoms with van der Waals surface area (Å²) in [4.78, 5) is 4.49. The van der Waals surface area contributed by atoms with Crippen molar-refractivity contribution >= 4 is 0 Å². The maximum Gasteiger partial charge on any atom is 0.170 e.